The van der Waals surface area contributed by atoms with Crippen molar-refractivity contribution < 1.29 is 19.5 Å². The first kappa shape index (κ1) is 14.2. The molecule has 7 heteroatoms. The van der Waals surface area contributed by atoms with Crippen LogP contribution in [0.3, 0.4) is 0 Å². The lowest BCUT2D eigenvalue weighted by molar-refractivity contribution is -0.503. The number of hydrogen-bond acceptors (Lipinski definition) is 5. The van der Waals surface area contributed by atoms with Crippen LogP contribution in [0.4, 0.5) is 0 Å². The smallest absolute Gasteiger partial charge is 0.283 e. The highest BCUT2D eigenvalue weighted by molar-refractivity contribution is 7.80. The summed E-state index contributed by atoms with van der Waals surface area (Å²) in [5.41, 5.74) is 0.630. The predicted molar refractivity (Wildman–Crippen MR) is 69.3 cm³/mol. The maximum atomic E-state index is 10.7. The predicted octanol–water partition coefficient (Wildman–Crippen LogP) is 1.78. The molecule has 0 fully saturated rings. The minimum atomic E-state index is -1.29. The summed E-state index contributed by atoms with van der Waals surface area (Å²) in [4.78, 5) is 10.1. The summed E-state index contributed by atoms with van der Waals surface area (Å²) in [7, 11) is 2.98. The van der Waals surface area contributed by atoms with Crippen molar-refractivity contribution in [3.8, 4) is 11.5 Å². The van der Waals surface area contributed by atoms with E-state index in [-0.39, 0.29) is 6.42 Å². The molecule has 1 N–H and O–H groups in total. The summed E-state index contributed by atoms with van der Waals surface area (Å²) < 4.78 is 10.1. The van der Waals surface area contributed by atoms with Crippen molar-refractivity contribution in [1.29, 1.82) is 0 Å². The molecule has 0 aromatic heterocycles. The van der Waals surface area contributed by atoms with Crippen LogP contribution in [0, 0.1) is 10.1 Å². The van der Waals surface area contributed by atoms with Crippen molar-refractivity contribution in [3.05, 3.63) is 33.9 Å². The molecule has 0 aliphatic carbocycles. The van der Waals surface area contributed by atoms with Gasteiger partial charge in [0.1, 0.15) is 0 Å². The van der Waals surface area contributed by atoms with E-state index >= 15 is 0 Å². The van der Waals surface area contributed by atoms with E-state index in [4.69, 9.17) is 14.6 Å². The maximum Gasteiger partial charge on any atom is 0.283 e. The zero-order chi connectivity index (χ0) is 13.7. The highest BCUT2D eigenvalue weighted by Gasteiger charge is 2.26. The van der Waals surface area contributed by atoms with Crippen LogP contribution >= 0.6 is 12.2 Å². The number of hydrogen-bond donors (Lipinski definition) is 1. The van der Waals surface area contributed by atoms with Gasteiger partial charge in [0.2, 0.25) is 5.05 Å². The molecule has 0 saturated heterocycles. The number of methoxy groups -OCH3 is 2. The molecule has 0 bridgehead atoms. The number of nitro groups is 1. The van der Waals surface area contributed by atoms with Crippen LogP contribution in [0.15, 0.2) is 18.2 Å². The largest absolute Gasteiger partial charge is 0.497 e. The number of thiocarbonyl (C=S) groups is 1. The van der Waals surface area contributed by atoms with Crippen molar-refractivity contribution in [3.63, 3.8) is 0 Å². The van der Waals surface area contributed by atoms with E-state index in [0.29, 0.717) is 17.1 Å². The van der Waals surface area contributed by atoms with Gasteiger partial charge in [-0.3, -0.25) is 10.1 Å². The van der Waals surface area contributed by atoms with Crippen molar-refractivity contribution in [1.82, 2.24) is 0 Å². The van der Waals surface area contributed by atoms with Gasteiger partial charge in [0.25, 0.3) is 6.04 Å². The highest BCUT2D eigenvalue weighted by Crippen LogP contribution is 2.28. The van der Waals surface area contributed by atoms with Gasteiger partial charge >= 0.3 is 0 Å². The van der Waals surface area contributed by atoms with Crippen LogP contribution in [0.25, 0.3) is 0 Å². The molecule has 0 radical (unpaired) electrons. The third-order valence-electron chi connectivity index (χ3n) is 2.42. The van der Waals surface area contributed by atoms with Crippen molar-refractivity contribution >= 4 is 17.3 Å². The number of benzene rings is 1. The van der Waals surface area contributed by atoms with E-state index in [1.165, 1.54) is 14.2 Å². The fourth-order valence-electron chi connectivity index (χ4n) is 1.48. The normalized spacial score (nSPS) is 11.7. The van der Waals surface area contributed by atoms with Crippen molar-refractivity contribution in [2.75, 3.05) is 14.2 Å². The van der Waals surface area contributed by atoms with Crippen LogP contribution in [-0.4, -0.2) is 35.3 Å². The minimum absolute atomic E-state index is 0.00267. The molecule has 0 spiro atoms. The first-order chi connectivity index (χ1) is 8.49. The Kier molecular flexibility index (Phi) is 4.85. The molecule has 0 aliphatic heterocycles. The average Bonchev–Trinajstić information content (AvgIpc) is 2.34. The van der Waals surface area contributed by atoms with Gasteiger partial charge in [-0.15, -0.1) is 0 Å². The second kappa shape index (κ2) is 6.15. The lowest BCUT2D eigenvalue weighted by Gasteiger charge is -2.11. The highest BCUT2D eigenvalue weighted by atomic mass is 32.1. The van der Waals surface area contributed by atoms with Crippen LogP contribution < -0.4 is 9.47 Å². The Hall–Kier alpha value is -1.89. The molecule has 6 nitrogen and oxygen atoms in total. The molecule has 1 unspecified atom stereocenters. The molecule has 18 heavy (non-hydrogen) atoms. The van der Waals surface area contributed by atoms with Gasteiger partial charge in [-0.05, 0) is 29.9 Å². The molecule has 98 valence electrons. The van der Waals surface area contributed by atoms with Crippen LogP contribution in [0.2, 0.25) is 0 Å². The summed E-state index contributed by atoms with van der Waals surface area (Å²) in [6.45, 7) is 0. The van der Waals surface area contributed by atoms with E-state index in [2.05, 4.69) is 12.2 Å². The molecular weight excluding hydrogens is 258 g/mol. The zero-order valence-corrected chi connectivity index (χ0v) is 10.8. The lowest BCUT2D eigenvalue weighted by atomic mass is 10.1. The standard InChI is InChI=1S/C11H13NO5S/c1-16-9-4-3-7(6-10(9)17-2)5-8(11(13)18)12(14)15/h3-4,6,8H,5H2,1-2H3,(H,13,18). The first-order valence-electron chi connectivity index (χ1n) is 5.06. The number of aliphatic hydroxyl groups is 1. The van der Waals surface area contributed by atoms with E-state index in [0.717, 1.165) is 0 Å². The Labute approximate surface area is 109 Å². The summed E-state index contributed by atoms with van der Waals surface area (Å²) in [5.74, 6) is 1.01. The fraction of sp³-hybridized carbons (Fsp3) is 0.364. The Morgan fingerprint density at radius 1 is 1.44 bits per heavy atom. The van der Waals surface area contributed by atoms with Crippen LogP contribution in [-0.2, 0) is 6.42 Å². The third-order valence-corrected chi connectivity index (χ3v) is 2.69. The molecule has 0 aliphatic rings. The monoisotopic (exact) mass is 271 g/mol. The zero-order valence-electron chi connectivity index (χ0n) is 9.95. The maximum absolute atomic E-state index is 10.7. The SMILES string of the molecule is COc1ccc(CC(C(O)=S)[N+](=O)[O-])cc1OC. The second-order valence-corrected chi connectivity index (χ2v) is 3.95. The molecule has 1 rings (SSSR count). The summed E-state index contributed by atoms with van der Waals surface area (Å²) in [6.07, 6.45) is 0.00267. The summed E-state index contributed by atoms with van der Waals surface area (Å²) >= 11 is 4.46. The molecule has 1 atom stereocenters. The topological polar surface area (TPSA) is 81.8 Å². The summed E-state index contributed by atoms with van der Waals surface area (Å²) in [5, 5.41) is 19.2. The fourth-order valence-corrected chi connectivity index (χ4v) is 1.65. The van der Waals surface area contributed by atoms with Gasteiger partial charge in [0, 0.05) is 11.3 Å². The van der Waals surface area contributed by atoms with E-state index in [1.54, 1.807) is 18.2 Å². The average molecular weight is 271 g/mol. The molecule has 1 aromatic rings. The van der Waals surface area contributed by atoms with Crippen molar-refractivity contribution in [2.24, 2.45) is 0 Å². The molecule has 0 saturated carbocycles. The number of rotatable bonds is 6. The van der Waals surface area contributed by atoms with Gasteiger partial charge in [-0.25, -0.2) is 0 Å². The Morgan fingerprint density at radius 3 is 2.50 bits per heavy atom. The van der Waals surface area contributed by atoms with Crippen LogP contribution in [0.1, 0.15) is 5.56 Å². The molecule has 0 heterocycles. The minimum Gasteiger partial charge on any atom is -0.497 e. The van der Waals surface area contributed by atoms with Gasteiger partial charge in [-0.1, -0.05) is 6.07 Å². The van der Waals surface area contributed by atoms with Gasteiger partial charge in [-0.2, -0.15) is 0 Å². The quantitative estimate of drug-likeness (QED) is 0.482. The van der Waals surface area contributed by atoms with Crippen LogP contribution in [0.5, 0.6) is 11.5 Å². The Bertz CT molecular complexity index is 449. The van der Waals surface area contributed by atoms with Gasteiger partial charge in [0.05, 0.1) is 14.2 Å². The Morgan fingerprint density at radius 2 is 2.06 bits per heavy atom. The second-order valence-electron chi connectivity index (χ2n) is 3.53. The summed E-state index contributed by atoms with van der Waals surface area (Å²) in [6, 6.07) is 3.63. The number of nitrogens with zero attached hydrogens (tertiary/aromatic N) is 1. The molecule has 1 aromatic carbocycles. The van der Waals surface area contributed by atoms with E-state index in [9.17, 15) is 10.1 Å². The van der Waals surface area contributed by atoms with Gasteiger partial charge < -0.3 is 14.6 Å². The lowest BCUT2D eigenvalue weighted by Crippen LogP contribution is -2.30. The third kappa shape index (κ3) is 3.30. The number of aliphatic hydroxyl groups excluding tert-OH is 1. The molecule has 0 amide bonds. The first-order valence-corrected chi connectivity index (χ1v) is 5.47. The Balaban J connectivity index is 2.97. The van der Waals surface area contributed by atoms with E-state index < -0.39 is 16.0 Å². The van der Waals surface area contributed by atoms with Gasteiger partial charge in [0.15, 0.2) is 11.5 Å². The van der Waals surface area contributed by atoms with E-state index in [1.807, 2.05) is 0 Å². The molecular formula is C11H13NO5S. The van der Waals surface area contributed by atoms with Crippen molar-refractivity contribution in [2.45, 2.75) is 12.5 Å². The number of ether oxygens (including phenoxy) is 2.